The van der Waals surface area contributed by atoms with Gasteiger partial charge in [-0.1, -0.05) is 38.1 Å². The molecule has 37 heavy (non-hydrogen) atoms. The maximum Gasteiger partial charge on any atom is 0.254 e. The van der Waals surface area contributed by atoms with Gasteiger partial charge in [0.15, 0.2) is 5.78 Å². The average molecular weight is 516 g/mol. The SMILES string of the molecule is CC(=O)c1ccc(N2CCN(C(=O)[C@@H]3c4ccccc4C(=O)N(CC(C)C)[C@@H]3c3cccs3)CC2)cc1. The number of hydrogen-bond donors (Lipinski definition) is 0. The summed E-state index contributed by atoms with van der Waals surface area (Å²) in [4.78, 5) is 46.7. The van der Waals surface area contributed by atoms with E-state index in [1.807, 2.05) is 75.8 Å². The lowest BCUT2D eigenvalue weighted by Gasteiger charge is -2.44. The molecule has 0 N–H and O–H groups in total. The quantitative estimate of drug-likeness (QED) is 0.422. The summed E-state index contributed by atoms with van der Waals surface area (Å²) in [7, 11) is 0. The minimum absolute atomic E-state index is 0.00516. The number of fused-ring (bicyclic) bond motifs is 1. The number of thiophene rings is 1. The van der Waals surface area contributed by atoms with Gasteiger partial charge in [-0.3, -0.25) is 14.4 Å². The fourth-order valence-corrected chi connectivity index (χ4v) is 6.39. The topological polar surface area (TPSA) is 60.9 Å². The Morgan fingerprint density at radius 3 is 2.27 bits per heavy atom. The molecule has 3 heterocycles. The molecule has 0 saturated carbocycles. The first kappa shape index (κ1) is 25.2. The van der Waals surface area contributed by atoms with Gasteiger partial charge < -0.3 is 14.7 Å². The van der Waals surface area contributed by atoms with Crippen molar-refractivity contribution >= 4 is 34.6 Å². The van der Waals surface area contributed by atoms with Crippen LogP contribution in [0.2, 0.25) is 0 Å². The van der Waals surface area contributed by atoms with Crippen molar-refractivity contribution in [2.75, 3.05) is 37.6 Å². The Morgan fingerprint density at radius 2 is 1.65 bits per heavy atom. The molecule has 3 aromatic rings. The molecule has 0 bridgehead atoms. The monoisotopic (exact) mass is 515 g/mol. The molecule has 5 rings (SSSR count). The normalized spacial score (nSPS) is 19.8. The third-order valence-corrected chi connectivity index (χ3v) is 8.27. The molecule has 6 nitrogen and oxygen atoms in total. The van der Waals surface area contributed by atoms with Gasteiger partial charge in [0.05, 0.1) is 12.0 Å². The summed E-state index contributed by atoms with van der Waals surface area (Å²) >= 11 is 1.61. The van der Waals surface area contributed by atoms with E-state index in [4.69, 9.17) is 0 Å². The highest BCUT2D eigenvalue weighted by Gasteiger charge is 2.46. The van der Waals surface area contributed by atoms with Crippen LogP contribution in [0.4, 0.5) is 5.69 Å². The number of nitrogens with zero attached hydrogens (tertiary/aromatic N) is 3. The number of rotatable bonds is 6. The molecular weight excluding hydrogens is 482 g/mol. The van der Waals surface area contributed by atoms with Crippen LogP contribution in [-0.2, 0) is 4.79 Å². The molecule has 1 saturated heterocycles. The van der Waals surface area contributed by atoms with Gasteiger partial charge in [-0.15, -0.1) is 11.3 Å². The van der Waals surface area contributed by atoms with Gasteiger partial charge in [0, 0.05) is 54.4 Å². The Labute approximate surface area is 222 Å². The summed E-state index contributed by atoms with van der Waals surface area (Å²) in [6, 6.07) is 19.0. The zero-order valence-corrected chi connectivity index (χ0v) is 22.4. The molecule has 192 valence electrons. The Hall–Kier alpha value is -3.45. The van der Waals surface area contributed by atoms with Crippen LogP contribution in [0.5, 0.6) is 0 Å². The van der Waals surface area contributed by atoms with Gasteiger partial charge in [-0.25, -0.2) is 0 Å². The third-order valence-electron chi connectivity index (χ3n) is 7.33. The lowest BCUT2D eigenvalue weighted by Crippen LogP contribution is -2.53. The number of carbonyl (C=O) groups is 3. The van der Waals surface area contributed by atoms with E-state index in [2.05, 4.69) is 18.7 Å². The van der Waals surface area contributed by atoms with Gasteiger partial charge in [-0.05, 0) is 60.2 Å². The molecule has 2 aliphatic heterocycles. The summed E-state index contributed by atoms with van der Waals surface area (Å²) in [5.74, 6) is -0.0117. The Kier molecular flexibility index (Phi) is 7.15. The van der Waals surface area contributed by atoms with E-state index in [1.54, 1.807) is 18.3 Å². The molecule has 2 aliphatic rings. The van der Waals surface area contributed by atoms with Crippen molar-refractivity contribution in [1.29, 1.82) is 0 Å². The molecule has 1 aromatic heterocycles. The summed E-state index contributed by atoms with van der Waals surface area (Å²) in [5, 5.41) is 2.02. The first-order valence-corrected chi connectivity index (χ1v) is 13.8. The van der Waals surface area contributed by atoms with E-state index in [-0.39, 0.29) is 29.6 Å². The van der Waals surface area contributed by atoms with E-state index in [0.29, 0.717) is 30.8 Å². The van der Waals surface area contributed by atoms with Crippen LogP contribution in [0, 0.1) is 5.92 Å². The summed E-state index contributed by atoms with van der Waals surface area (Å²) < 4.78 is 0. The second kappa shape index (κ2) is 10.5. The molecule has 0 unspecified atom stereocenters. The summed E-state index contributed by atoms with van der Waals surface area (Å²) in [5.41, 5.74) is 3.23. The molecule has 0 aliphatic carbocycles. The predicted molar refractivity (Wildman–Crippen MR) is 147 cm³/mol. The smallest absolute Gasteiger partial charge is 0.254 e. The molecular formula is C30H33N3O3S. The van der Waals surface area contributed by atoms with Crippen molar-refractivity contribution in [3.05, 3.63) is 87.6 Å². The zero-order chi connectivity index (χ0) is 26.1. The van der Waals surface area contributed by atoms with Crippen LogP contribution in [-0.4, -0.2) is 60.1 Å². The second-order valence-corrected chi connectivity index (χ2v) is 11.3. The van der Waals surface area contributed by atoms with Crippen LogP contribution < -0.4 is 4.90 Å². The number of carbonyl (C=O) groups excluding carboxylic acids is 3. The Balaban J connectivity index is 1.43. The van der Waals surface area contributed by atoms with Crippen LogP contribution in [0.1, 0.15) is 63.9 Å². The molecule has 2 amide bonds. The fraction of sp³-hybridized carbons (Fsp3) is 0.367. The second-order valence-electron chi connectivity index (χ2n) is 10.3. The standard InChI is InChI=1S/C30H33N3O3S/c1-20(2)19-33-28(26-9-6-18-37-26)27(24-7-4-5-8-25(24)29(33)35)30(36)32-16-14-31(15-17-32)23-12-10-22(11-13-23)21(3)34/h4-13,18,20,27-28H,14-17,19H2,1-3H3/t27-,28-/m1/s1. The van der Waals surface area contributed by atoms with E-state index in [9.17, 15) is 14.4 Å². The predicted octanol–water partition coefficient (Wildman–Crippen LogP) is 5.24. The largest absolute Gasteiger partial charge is 0.368 e. The number of piperazine rings is 1. The number of Topliss-reactive ketones (excluding diaryl/α,β-unsaturated/α-hetero) is 1. The number of ketones is 1. The van der Waals surface area contributed by atoms with Crippen LogP contribution >= 0.6 is 11.3 Å². The number of hydrogen-bond acceptors (Lipinski definition) is 5. The van der Waals surface area contributed by atoms with Gasteiger partial charge in [0.25, 0.3) is 5.91 Å². The number of anilines is 1. The maximum absolute atomic E-state index is 14.3. The van der Waals surface area contributed by atoms with Gasteiger partial charge in [0.2, 0.25) is 5.91 Å². The Bertz CT molecular complexity index is 1280. The molecule has 0 radical (unpaired) electrons. The molecule has 7 heteroatoms. The van der Waals surface area contributed by atoms with Crippen molar-refractivity contribution in [3.8, 4) is 0 Å². The molecule has 2 atom stereocenters. The maximum atomic E-state index is 14.3. The minimum Gasteiger partial charge on any atom is -0.368 e. The molecule has 0 spiro atoms. The first-order chi connectivity index (χ1) is 17.8. The molecule has 1 fully saturated rings. The number of benzene rings is 2. The lowest BCUT2D eigenvalue weighted by atomic mass is 9.80. The zero-order valence-electron chi connectivity index (χ0n) is 21.6. The van der Waals surface area contributed by atoms with Crippen molar-refractivity contribution in [2.24, 2.45) is 5.92 Å². The van der Waals surface area contributed by atoms with Crippen molar-refractivity contribution in [3.63, 3.8) is 0 Å². The van der Waals surface area contributed by atoms with E-state index < -0.39 is 5.92 Å². The van der Waals surface area contributed by atoms with Crippen LogP contribution in [0.25, 0.3) is 0 Å². The van der Waals surface area contributed by atoms with Gasteiger partial charge in [0.1, 0.15) is 0 Å². The van der Waals surface area contributed by atoms with E-state index >= 15 is 0 Å². The summed E-state index contributed by atoms with van der Waals surface area (Å²) in [6.07, 6.45) is 0. The highest BCUT2D eigenvalue weighted by atomic mass is 32.1. The van der Waals surface area contributed by atoms with Gasteiger partial charge >= 0.3 is 0 Å². The number of amides is 2. The van der Waals surface area contributed by atoms with Crippen molar-refractivity contribution in [2.45, 2.75) is 32.7 Å². The minimum atomic E-state index is -0.437. The average Bonchev–Trinajstić information content (AvgIpc) is 3.44. The van der Waals surface area contributed by atoms with Crippen LogP contribution in [0.3, 0.4) is 0 Å². The molecule has 2 aromatic carbocycles. The third kappa shape index (κ3) is 4.92. The lowest BCUT2D eigenvalue weighted by molar-refractivity contribution is -0.135. The van der Waals surface area contributed by atoms with Crippen LogP contribution in [0.15, 0.2) is 66.0 Å². The van der Waals surface area contributed by atoms with Crippen molar-refractivity contribution in [1.82, 2.24) is 9.80 Å². The fourth-order valence-electron chi connectivity index (χ4n) is 5.52. The van der Waals surface area contributed by atoms with E-state index in [1.165, 1.54) is 0 Å². The van der Waals surface area contributed by atoms with Gasteiger partial charge in [-0.2, -0.15) is 0 Å². The van der Waals surface area contributed by atoms with E-state index in [0.717, 1.165) is 29.2 Å². The highest BCUT2D eigenvalue weighted by molar-refractivity contribution is 7.10. The Morgan fingerprint density at radius 1 is 0.946 bits per heavy atom. The summed E-state index contributed by atoms with van der Waals surface area (Å²) in [6.45, 7) is 9.06. The first-order valence-electron chi connectivity index (χ1n) is 12.9. The highest BCUT2D eigenvalue weighted by Crippen LogP contribution is 2.45. The van der Waals surface area contributed by atoms with Crippen molar-refractivity contribution < 1.29 is 14.4 Å².